The largest absolute Gasteiger partial charge is 0.335 e. The van der Waals surface area contributed by atoms with Crippen LogP contribution < -0.4 is 5.32 Å². The molecule has 2 heterocycles. The molecule has 0 atom stereocenters. The van der Waals surface area contributed by atoms with E-state index < -0.39 is 0 Å². The van der Waals surface area contributed by atoms with Crippen molar-refractivity contribution < 1.29 is 9.32 Å². The zero-order valence-corrected chi connectivity index (χ0v) is 16.5. The predicted octanol–water partition coefficient (Wildman–Crippen LogP) is 5.72. The van der Waals surface area contributed by atoms with Crippen molar-refractivity contribution in [1.29, 1.82) is 0 Å². The van der Waals surface area contributed by atoms with E-state index in [1.807, 2.05) is 56.3 Å². The van der Waals surface area contributed by atoms with Gasteiger partial charge >= 0.3 is 0 Å². The normalized spacial score (nSPS) is 11.0. The minimum atomic E-state index is -0.287. The maximum atomic E-state index is 13.2. The third-order valence-electron chi connectivity index (χ3n) is 4.60. The lowest BCUT2D eigenvalue weighted by Crippen LogP contribution is -2.14. The number of fused-ring (bicyclic) bond motifs is 1. The number of nitrogens with zero attached hydrogens (tertiary/aromatic N) is 2. The van der Waals surface area contributed by atoms with Gasteiger partial charge in [-0.05, 0) is 44.0 Å². The number of rotatable bonds is 3. The Balaban J connectivity index is 1.83. The molecule has 28 heavy (non-hydrogen) atoms. The van der Waals surface area contributed by atoms with Crippen LogP contribution in [0.2, 0.25) is 5.02 Å². The van der Waals surface area contributed by atoms with Gasteiger partial charge in [0.2, 0.25) is 0 Å². The number of carbonyl (C=O) groups excluding carboxylic acids is 1. The monoisotopic (exact) mass is 391 g/mol. The van der Waals surface area contributed by atoms with Gasteiger partial charge in [0, 0.05) is 5.56 Å². The molecule has 0 aliphatic rings. The van der Waals surface area contributed by atoms with Gasteiger partial charge in [0.1, 0.15) is 0 Å². The van der Waals surface area contributed by atoms with Crippen molar-refractivity contribution in [3.63, 3.8) is 0 Å². The molecule has 6 heteroatoms. The van der Waals surface area contributed by atoms with Crippen LogP contribution in [0, 0.1) is 20.8 Å². The highest BCUT2D eigenvalue weighted by Crippen LogP contribution is 2.31. The minimum absolute atomic E-state index is 0.287. The lowest BCUT2D eigenvalue weighted by Gasteiger charge is -2.13. The van der Waals surface area contributed by atoms with Gasteiger partial charge in [-0.3, -0.25) is 4.79 Å². The van der Waals surface area contributed by atoms with Gasteiger partial charge in [-0.25, -0.2) is 4.98 Å². The molecule has 0 fully saturated rings. The third-order valence-corrected chi connectivity index (χ3v) is 4.90. The Morgan fingerprint density at radius 3 is 2.54 bits per heavy atom. The van der Waals surface area contributed by atoms with E-state index in [-0.39, 0.29) is 5.91 Å². The average Bonchev–Trinajstić information content (AvgIpc) is 3.05. The Hall–Kier alpha value is -3.18. The summed E-state index contributed by atoms with van der Waals surface area (Å²) in [7, 11) is 0. The number of benzene rings is 2. The summed E-state index contributed by atoms with van der Waals surface area (Å²) < 4.78 is 5.35. The van der Waals surface area contributed by atoms with Crippen molar-refractivity contribution >= 4 is 34.3 Å². The van der Waals surface area contributed by atoms with Crippen LogP contribution in [-0.4, -0.2) is 16.0 Å². The minimum Gasteiger partial charge on any atom is -0.335 e. The molecule has 0 bridgehead atoms. The van der Waals surface area contributed by atoms with E-state index >= 15 is 0 Å². The third kappa shape index (κ3) is 3.25. The summed E-state index contributed by atoms with van der Waals surface area (Å²) >= 11 is 6.36. The molecule has 1 amide bonds. The summed E-state index contributed by atoms with van der Waals surface area (Å²) in [5.41, 5.74) is 5.44. The Kier molecular flexibility index (Phi) is 4.61. The molecule has 2 aromatic heterocycles. The highest BCUT2D eigenvalue weighted by molar-refractivity contribution is 6.34. The standard InChI is InChI=1S/C22H18ClN3O2/c1-12-9-13(2)20(17(23)10-12)25-21(27)16-11-18(15-7-5-4-6-8-15)24-22-19(16)14(3)26-28-22/h4-11H,1-3H3,(H,25,27). The molecule has 5 nitrogen and oxygen atoms in total. The fourth-order valence-electron chi connectivity index (χ4n) is 3.29. The van der Waals surface area contributed by atoms with E-state index in [0.717, 1.165) is 16.7 Å². The Morgan fingerprint density at radius 2 is 1.82 bits per heavy atom. The van der Waals surface area contributed by atoms with Crippen molar-refractivity contribution in [2.24, 2.45) is 0 Å². The van der Waals surface area contributed by atoms with E-state index in [1.165, 1.54) is 0 Å². The summed E-state index contributed by atoms with van der Waals surface area (Å²) in [6.07, 6.45) is 0. The number of aromatic nitrogens is 2. The fraction of sp³-hybridized carbons (Fsp3) is 0.136. The maximum absolute atomic E-state index is 13.2. The number of carbonyl (C=O) groups is 1. The van der Waals surface area contributed by atoms with Gasteiger partial charge in [-0.15, -0.1) is 0 Å². The molecule has 4 aromatic rings. The molecular formula is C22H18ClN3O2. The molecule has 0 aliphatic carbocycles. The first kappa shape index (κ1) is 18.2. The second kappa shape index (κ2) is 7.09. The molecule has 140 valence electrons. The number of pyridine rings is 1. The van der Waals surface area contributed by atoms with Crippen molar-refractivity contribution in [2.75, 3.05) is 5.32 Å². The summed E-state index contributed by atoms with van der Waals surface area (Å²) in [5.74, 6) is -0.287. The van der Waals surface area contributed by atoms with Crippen LogP contribution in [0.25, 0.3) is 22.4 Å². The summed E-state index contributed by atoms with van der Waals surface area (Å²) in [5, 5.41) is 8.02. The first-order chi connectivity index (χ1) is 13.4. The lowest BCUT2D eigenvalue weighted by atomic mass is 10.0. The van der Waals surface area contributed by atoms with E-state index in [4.69, 9.17) is 16.1 Å². The van der Waals surface area contributed by atoms with E-state index in [0.29, 0.717) is 38.8 Å². The summed E-state index contributed by atoms with van der Waals surface area (Å²) in [6, 6.07) is 15.2. The van der Waals surface area contributed by atoms with Crippen LogP contribution in [0.1, 0.15) is 27.2 Å². The quantitative estimate of drug-likeness (QED) is 0.485. The molecule has 0 unspecified atom stereocenters. The zero-order chi connectivity index (χ0) is 19.8. The molecule has 0 aliphatic heterocycles. The van der Waals surface area contributed by atoms with Crippen LogP contribution in [0.15, 0.2) is 53.1 Å². The van der Waals surface area contributed by atoms with Gasteiger partial charge in [0.15, 0.2) is 0 Å². The fourth-order valence-corrected chi connectivity index (χ4v) is 3.65. The Bertz CT molecular complexity index is 1180. The molecule has 0 spiro atoms. The predicted molar refractivity (Wildman–Crippen MR) is 111 cm³/mol. The number of aryl methyl sites for hydroxylation is 3. The topological polar surface area (TPSA) is 68.0 Å². The van der Waals surface area contributed by atoms with Crippen LogP contribution >= 0.6 is 11.6 Å². The Morgan fingerprint density at radius 1 is 1.07 bits per heavy atom. The first-order valence-corrected chi connectivity index (χ1v) is 9.22. The van der Waals surface area contributed by atoms with Gasteiger partial charge in [0.05, 0.1) is 33.0 Å². The summed E-state index contributed by atoms with van der Waals surface area (Å²) in [6.45, 7) is 5.66. The van der Waals surface area contributed by atoms with Crippen LogP contribution in [-0.2, 0) is 0 Å². The van der Waals surface area contributed by atoms with E-state index in [1.54, 1.807) is 13.0 Å². The lowest BCUT2D eigenvalue weighted by molar-refractivity contribution is 0.102. The van der Waals surface area contributed by atoms with Gasteiger partial charge in [-0.1, -0.05) is 53.2 Å². The van der Waals surface area contributed by atoms with Crippen molar-refractivity contribution in [3.8, 4) is 11.3 Å². The molecule has 1 N–H and O–H groups in total. The molecule has 0 saturated carbocycles. The number of hydrogen-bond donors (Lipinski definition) is 1. The molecule has 2 aromatic carbocycles. The molecule has 0 radical (unpaired) electrons. The molecule has 0 saturated heterocycles. The van der Waals surface area contributed by atoms with E-state index in [9.17, 15) is 4.79 Å². The highest BCUT2D eigenvalue weighted by atomic mass is 35.5. The number of amides is 1. The number of halogens is 1. The van der Waals surface area contributed by atoms with Crippen molar-refractivity contribution in [2.45, 2.75) is 20.8 Å². The number of hydrogen-bond acceptors (Lipinski definition) is 4. The maximum Gasteiger partial charge on any atom is 0.259 e. The second-order valence-corrected chi connectivity index (χ2v) is 7.17. The van der Waals surface area contributed by atoms with Crippen LogP contribution in [0.3, 0.4) is 0 Å². The second-order valence-electron chi connectivity index (χ2n) is 6.76. The SMILES string of the molecule is Cc1cc(C)c(NC(=O)c2cc(-c3ccccc3)nc3onc(C)c23)c(Cl)c1. The average molecular weight is 392 g/mol. The first-order valence-electron chi connectivity index (χ1n) is 8.84. The number of nitrogens with one attached hydrogen (secondary N) is 1. The molecule has 4 rings (SSSR count). The smallest absolute Gasteiger partial charge is 0.259 e. The number of anilines is 1. The highest BCUT2D eigenvalue weighted by Gasteiger charge is 2.20. The van der Waals surface area contributed by atoms with Crippen molar-refractivity contribution in [3.05, 3.63) is 75.9 Å². The van der Waals surface area contributed by atoms with Crippen LogP contribution in [0.5, 0.6) is 0 Å². The van der Waals surface area contributed by atoms with Gasteiger partial charge in [0.25, 0.3) is 11.6 Å². The van der Waals surface area contributed by atoms with Crippen LogP contribution in [0.4, 0.5) is 5.69 Å². The Labute approximate surface area is 167 Å². The van der Waals surface area contributed by atoms with Gasteiger partial charge < -0.3 is 9.84 Å². The van der Waals surface area contributed by atoms with Crippen molar-refractivity contribution in [1.82, 2.24) is 10.1 Å². The molecular weight excluding hydrogens is 374 g/mol. The zero-order valence-electron chi connectivity index (χ0n) is 15.7. The van der Waals surface area contributed by atoms with Gasteiger partial charge in [-0.2, -0.15) is 0 Å². The van der Waals surface area contributed by atoms with E-state index in [2.05, 4.69) is 15.5 Å². The summed E-state index contributed by atoms with van der Waals surface area (Å²) in [4.78, 5) is 17.7.